The Labute approximate surface area is 214 Å². The number of H-pyrrole nitrogens is 1. The van der Waals surface area contributed by atoms with Crippen molar-refractivity contribution >= 4 is 39.8 Å². The van der Waals surface area contributed by atoms with E-state index in [0.29, 0.717) is 55.8 Å². The van der Waals surface area contributed by atoms with Gasteiger partial charge in [-0.2, -0.15) is 0 Å². The fraction of sp³-hybridized carbons (Fsp3) is 0.321. The number of halogens is 1. The molecule has 0 spiro atoms. The molecule has 3 aromatic rings. The number of nitrogens with one attached hydrogen (secondary N) is 2. The van der Waals surface area contributed by atoms with Gasteiger partial charge in [0.1, 0.15) is 5.82 Å². The highest BCUT2D eigenvalue weighted by Crippen LogP contribution is 2.28. The average molecular weight is 504 g/mol. The number of Topliss-reactive ketones (excluding diaryl/α,β-unsaturated/α-hetero) is 1. The van der Waals surface area contributed by atoms with Crippen molar-refractivity contribution in [1.82, 2.24) is 20.1 Å². The van der Waals surface area contributed by atoms with Gasteiger partial charge in [0.25, 0.3) is 0 Å². The summed E-state index contributed by atoms with van der Waals surface area (Å²) >= 11 is 0. The van der Waals surface area contributed by atoms with Crippen LogP contribution in [0, 0.1) is 5.82 Å². The lowest BCUT2D eigenvalue weighted by molar-refractivity contribution is -0.131. The Bertz CT molecular complexity index is 1370. The van der Waals surface area contributed by atoms with E-state index in [1.807, 2.05) is 34.2 Å². The first-order valence-electron chi connectivity index (χ1n) is 12.5. The average Bonchev–Trinajstić information content (AvgIpc) is 3.49. The molecule has 2 aliphatic heterocycles. The standard InChI is InChI=1S/C28H30FN5O3/c1-19(35)31-18-32-16-23(27(36)17-32)20-6-8-26(24(29)14-20)33-10-12-34(13-11-33)28(37)9-7-21-15-30-25-5-3-2-4-22(21)25/h2-6,8,14-16,30H,7,9-13,17-18H2,1H3,(H,31,35). The molecule has 2 aliphatic rings. The van der Waals surface area contributed by atoms with E-state index in [-0.39, 0.29) is 30.8 Å². The van der Waals surface area contributed by atoms with E-state index in [4.69, 9.17) is 0 Å². The predicted molar refractivity (Wildman–Crippen MR) is 140 cm³/mol. The van der Waals surface area contributed by atoms with Crippen LogP contribution < -0.4 is 10.2 Å². The summed E-state index contributed by atoms with van der Waals surface area (Å²) in [5, 5.41) is 3.80. The van der Waals surface area contributed by atoms with E-state index in [1.54, 1.807) is 23.2 Å². The van der Waals surface area contributed by atoms with Gasteiger partial charge < -0.3 is 25.0 Å². The van der Waals surface area contributed by atoms with E-state index >= 15 is 4.39 Å². The number of ketones is 1. The summed E-state index contributed by atoms with van der Waals surface area (Å²) in [6, 6.07) is 12.9. The highest BCUT2D eigenvalue weighted by atomic mass is 19.1. The van der Waals surface area contributed by atoms with E-state index in [2.05, 4.69) is 16.4 Å². The maximum Gasteiger partial charge on any atom is 0.223 e. The van der Waals surface area contributed by atoms with Crippen LogP contribution in [0.1, 0.15) is 24.5 Å². The normalized spacial score (nSPS) is 15.9. The van der Waals surface area contributed by atoms with Crippen molar-refractivity contribution in [3.8, 4) is 0 Å². The minimum absolute atomic E-state index is 0.108. The van der Waals surface area contributed by atoms with E-state index in [0.717, 1.165) is 16.5 Å². The van der Waals surface area contributed by atoms with Crippen molar-refractivity contribution in [2.24, 2.45) is 0 Å². The van der Waals surface area contributed by atoms with Gasteiger partial charge in [0, 0.05) is 68.4 Å². The van der Waals surface area contributed by atoms with Crippen LogP contribution in [0.15, 0.2) is 54.9 Å². The first-order chi connectivity index (χ1) is 17.9. The molecule has 2 amide bonds. The van der Waals surface area contributed by atoms with Gasteiger partial charge >= 0.3 is 0 Å². The predicted octanol–water partition coefficient (Wildman–Crippen LogP) is 2.91. The third-order valence-corrected chi connectivity index (χ3v) is 7.00. The number of piperazine rings is 1. The molecule has 37 heavy (non-hydrogen) atoms. The van der Waals surface area contributed by atoms with Crippen LogP contribution in [-0.4, -0.2) is 71.8 Å². The Balaban J connectivity index is 1.16. The van der Waals surface area contributed by atoms with Gasteiger partial charge in [-0.25, -0.2) is 4.39 Å². The molecule has 0 saturated carbocycles. The second-order valence-corrected chi connectivity index (χ2v) is 9.50. The zero-order chi connectivity index (χ0) is 25.9. The number of carbonyl (C=O) groups excluding carboxylic acids is 3. The van der Waals surface area contributed by atoms with Crippen molar-refractivity contribution in [2.45, 2.75) is 19.8 Å². The van der Waals surface area contributed by atoms with Gasteiger partial charge in [0.15, 0.2) is 5.78 Å². The zero-order valence-electron chi connectivity index (χ0n) is 20.8. The SMILES string of the molecule is CC(=O)NCN1C=C(c2ccc(N3CCN(C(=O)CCc4c[nH]c5ccccc45)CC3)c(F)c2)C(=O)C1. The van der Waals surface area contributed by atoms with Crippen LogP contribution in [0.2, 0.25) is 0 Å². The highest BCUT2D eigenvalue weighted by molar-refractivity contribution is 6.23. The molecule has 5 rings (SSSR count). The van der Waals surface area contributed by atoms with E-state index in [1.165, 1.54) is 13.0 Å². The van der Waals surface area contributed by atoms with E-state index in [9.17, 15) is 14.4 Å². The number of fused-ring (bicyclic) bond motifs is 1. The molecular weight excluding hydrogens is 473 g/mol. The lowest BCUT2D eigenvalue weighted by Gasteiger charge is -2.36. The Morgan fingerprint density at radius 3 is 2.62 bits per heavy atom. The smallest absolute Gasteiger partial charge is 0.223 e. The van der Waals surface area contributed by atoms with Crippen molar-refractivity contribution in [1.29, 1.82) is 0 Å². The molecule has 9 heteroatoms. The number of hydrogen-bond donors (Lipinski definition) is 2. The molecule has 0 unspecified atom stereocenters. The van der Waals surface area contributed by atoms with Gasteiger partial charge in [0.05, 0.1) is 18.9 Å². The van der Waals surface area contributed by atoms with Crippen molar-refractivity contribution < 1.29 is 18.8 Å². The van der Waals surface area contributed by atoms with Crippen LogP contribution in [0.25, 0.3) is 16.5 Å². The largest absolute Gasteiger partial charge is 0.366 e. The van der Waals surface area contributed by atoms with Crippen LogP contribution in [0.4, 0.5) is 10.1 Å². The quantitative estimate of drug-likeness (QED) is 0.518. The number of nitrogens with zero attached hydrogens (tertiary/aromatic N) is 3. The fourth-order valence-corrected chi connectivity index (χ4v) is 4.99. The van der Waals surface area contributed by atoms with Gasteiger partial charge in [-0.15, -0.1) is 0 Å². The Morgan fingerprint density at radius 2 is 1.86 bits per heavy atom. The molecule has 8 nitrogen and oxygen atoms in total. The Hall–Kier alpha value is -4.14. The molecule has 0 bridgehead atoms. The maximum absolute atomic E-state index is 15.1. The molecule has 2 aromatic carbocycles. The molecule has 1 fully saturated rings. The molecular formula is C28H30FN5O3. The monoisotopic (exact) mass is 503 g/mol. The lowest BCUT2D eigenvalue weighted by Crippen LogP contribution is -2.49. The van der Waals surface area contributed by atoms with Crippen LogP contribution in [-0.2, 0) is 20.8 Å². The first-order valence-corrected chi connectivity index (χ1v) is 12.5. The van der Waals surface area contributed by atoms with Crippen molar-refractivity contribution in [3.63, 3.8) is 0 Å². The second-order valence-electron chi connectivity index (χ2n) is 9.50. The van der Waals surface area contributed by atoms with Crippen molar-refractivity contribution in [3.05, 3.63) is 71.8 Å². The molecule has 0 aliphatic carbocycles. The molecule has 2 N–H and O–H groups in total. The van der Waals surface area contributed by atoms with Gasteiger partial charge in [-0.05, 0) is 35.7 Å². The third-order valence-electron chi connectivity index (χ3n) is 7.00. The number of benzene rings is 2. The number of para-hydroxylation sites is 1. The molecule has 1 aromatic heterocycles. The lowest BCUT2D eigenvalue weighted by atomic mass is 10.0. The first kappa shape index (κ1) is 24.5. The van der Waals surface area contributed by atoms with Gasteiger partial charge in [-0.3, -0.25) is 14.4 Å². The number of aromatic amines is 1. The summed E-state index contributed by atoms with van der Waals surface area (Å²) in [5.41, 5.74) is 3.63. The second kappa shape index (κ2) is 10.5. The number of hydrogen-bond acceptors (Lipinski definition) is 5. The van der Waals surface area contributed by atoms with Gasteiger partial charge in [-0.1, -0.05) is 24.3 Å². The molecule has 192 valence electrons. The van der Waals surface area contributed by atoms with Crippen LogP contribution >= 0.6 is 0 Å². The summed E-state index contributed by atoms with van der Waals surface area (Å²) < 4.78 is 15.1. The molecule has 0 radical (unpaired) electrons. The Morgan fingerprint density at radius 1 is 1.08 bits per heavy atom. The van der Waals surface area contributed by atoms with Crippen LogP contribution in [0.5, 0.6) is 0 Å². The minimum Gasteiger partial charge on any atom is -0.366 e. The number of aryl methyl sites for hydroxylation is 1. The summed E-state index contributed by atoms with van der Waals surface area (Å²) in [4.78, 5) is 45.1. The van der Waals surface area contributed by atoms with Crippen molar-refractivity contribution in [2.75, 3.05) is 44.3 Å². The highest BCUT2D eigenvalue weighted by Gasteiger charge is 2.26. The summed E-state index contributed by atoms with van der Waals surface area (Å²) in [5.74, 6) is -0.583. The molecule has 0 atom stereocenters. The molecule has 3 heterocycles. The summed E-state index contributed by atoms with van der Waals surface area (Å²) in [6.07, 6.45) is 4.74. The number of amides is 2. The fourth-order valence-electron chi connectivity index (χ4n) is 4.99. The Kier molecular flexibility index (Phi) is 6.94. The number of anilines is 1. The summed E-state index contributed by atoms with van der Waals surface area (Å²) in [7, 11) is 0. The third kappa shape index (κ3) is 5.35. The summed E-state index contributed by atoms with van der Waals surface area (Å²) in [6.45, 7) is 3.95. The zero-order valence-corrected chi connectivity index (χ0v) is 20.8. The number of aromatic nitrogens is 1. The van der Waals surface area contributed by atoms with Crippen LogP contribution in [0.3, 0.4) is 0 Å². The van der Waals surface area contributed by atoms with E-state index < -0.39 is 5.82 Å². The molecule has 1 saturated heterocycles. The topological polar surface area (TPSA) is 88.8 Å². The van der Waals surface area contributed by atoms with Gasteiger partial charge in [0.2, 0.25) is 11.8 Å². The maximum atomic E-state index is 15.1. The minimum atomic E-state index is -0.398. The number of carbonyl (C=O) groups is 3. The number of rotatable bonds is 7.